The molecule has 0 unspecified atom stereocenters. The van der Waals surface area contributed by atoms with E-state index in [1.807, 2.05) is 39.0 Å². The third kappa shape index (κ3) is 3.56. The third-order valence-electron chi connectivity index (χ3n) is 3.62. The Hall–Kier alpha value is -1.55. The van der Waals surface area contributed by atoms with Crippen molar-refractivity contribution in [3.8, 4) is 0 Å². The normalized spacial score (nSPS) is 10.9. The first-order valence-corrected chi connectivity index (χ1v) is 8.19. The average molecular weight is 302 g/mol. The van der Waals surface area contributed by atoms with Crippen LogP contribution < -0.4 is 0 Å². The van der Waals surface area contributed by atoms with Crippen LogP contribution in [0.4, 0.5) is 0 Å². The summed E-state index contributed by atoms with van der Waals surface area (Å²) in [6, 6.07) is 6.07. The number of thioether (sulfide) groups is 1. The molecule has 0 aromatic carbocycles. The summed E-state index contributed by atoms with van der Waals surface area (Å²) < 4.78 is 2.17. The van der Waals surface area contributed by atoms with Crippen molar-refractivity contribution in [1.82, 2.24) is 9.55 Å². The first kappa shape index (κ1) is 15.8. The Labute approximate surface area is 130 Å². The number of nitrogens with zero attached hydrogens (tertiary/aromatic N) is 2. The lowest BCUT2D eigenvalue weighted by Gasteiger charge is -2.06. The lowest BCUT2D eigenvalue weighted by atomic mass is 10.2. The van der Waals surface area contributed by atoms with Gasteiger partial charge in [-0.1, -0.05) is 11.8 Å². The number of Topliss-reactive ketones (excluding diaryl/α,β-unsaturated/α-hetero) is 1. The van der Waals surface area contributed by atoms with Crippen LogP contribution in [0.1, 0.15) is 39.9 Å². The smallest absolute Gasteiger partial charge is 0.174 e. The number of aryl methyl sites for hydroxylation is 3. The molecule has 0 N–H and O–H groups in total. The van der Waals surface area contributed by atoms with Gasteiger partial charge in [-0.2, -0.15) is 0 Å². The summed E-state index contributed by atoms with van der Waals surface area (Å²) in [4.78, 5) is 16.9. The number of rotatable bonds is 5. The summed E-state index contributed by atoms with van der Waals surface area (Å²) in [5.74, 6) is 0.609. The van der Waals surface area contributed by atoms with Gasteiger partial charge >= 0.3 is 0 Å². The molecule has 0 aliphatic rings. The maximum atomic E-state index is 12.4. The second kappa shape index (κ2) is 6.48. The van der Waals surface area contributed by atoms with Gasteiger partial charge in [0.1, 0.15) is 0 Å². The number of hydrogen-bond donors (Lipinski definition) is 0. The van der Waals surface area contributed by atoms with Crippen LogP contribution in [-0.4, -0.2) is 21.1 Å². The summed E-state index contributed by atoms with van der Waals surface area (Å²) in [6.07, 6.45) is 0. The maximum Gasteiger partial charge on any atom is 0.174 e. The van der Waals surface area contributed by atoms with Crippen LogP contribution in [0.25, 0.3) is 0 Å². The second-order valence-electron chi connectivity index (χ2n) is 5.37. The molecule has 112 valence electrons. The number of pyridine rings is 1. The van der Waals surface area contributed by atoms with Crippen LogP contribution in [0, 0.1) is 27.7 Å². The van der Waals surface area contributed by atoms with Gasteiger partial charge in [0, 0.05) is 29.2 Å². The van der Waals surface area contributed by atoms with Crippen molar-refractivity contribution in [3.63, 3.8) is 0 Å². The predicted molar refractivity (Wildman–Crippen MR) is 88.3 cm³/mol. The lowest BCUT2D eigenvalue weighted by Crippen LogP contribution is -2.06. The Morgan fingerprint density at radius 2 is 1.90 bits per heavy atom. The first-order chi connectivity index (χ1) is 9.92. The minimum Gasteiger partial charge on any atom is -0.349 e. The highest BCUT2D eigenvalue weighted by Gasteiger charge is 2.15. The van der Waals surface area contributed by atoms with E-state index in [9.17, 15) is 4.79 Å². The van der Waals surface area contributed by atoms with Gasteiger partial charge < -0.3 is 4.57 Å². The third-order valence-corrected chi connectivity index (χ3v) is 4.53. The molecule has 2 heterocycles. The Morgan fingerprint density at radius 1 is 1.19 bits per heavy atom. The highest BCUT2D eigenvalue weighted by atomic mass is 32.2. The van der Waals surface area contributed by atoms with Crippen molar-refractivity contribution in [3.05, 3.63) is 46.4 Å². The van der Waals surface area contributed by atoms with Gasteiger partial charge in [-0.05, 0) is 58.4 Å². The fraction of sp³-hybridized carbons (Fsp3) is 0.412. The SMILES string of the molecule is CCn1c(C)cc(C(=O)CSc2cc(C)cc(C)n2)c1C. The van der Waals surface area contributed by atoms with Crippen LogP contribution in [0.15, 0.2) is 23.2 Å². The lowest BCUT2D eigenvalue weighted by molar-refractivity contribution is 0.102. The van der Waals surface area contributed by atoms with E-state index in [2.05, 4.69) is 23.4 Å². The number of aromatic nitrogens is 2. The number of hydrogen-bond acceptors (Lipinski definition) is 3. The van der Waals surface area contributed by atoms with Gasteiger partial charge in [-0.15, -0.1) is 0 Å². The van der Waals surface area contributed by atoms with E-state index in [-0.39, 0.29) is 5.78 Å². The molecule has 2 aromatic rings. The van der Waals surface area contributed by atoms with Crippen molar-refractivity contribution in [2.45, 2.75) is 46.2 Å². The Kier molecular flexibility index (Phi) is 4.88. The highest BCUT2D eigenvalue weighted by molar-refractivity contribution is 7.99. The molecule has 21 heavy (non-hydrogen) atoms. The summed E-state index contributed by atoms with van der Waals surface area (Å²) in [5.41, 5.74) is 5.23. The van der Waals surface area contributed by atoms with Gasteiger partial charge in [-0.25, -0.2) is 4.98 Å². The molecule has 0 atom stereocenters. The molecule has 0 radical (unpaired) electrons. The maximum absolute atomic E-state index is 12.4. The highest BCUT2D eigenvalue weighted by Crippen LogP contribution is 2.22. The monoisotopic (exact) mass is 302 g/mol. The Bertz CT molecular complexity index is 653. The zero-order chi connectivity index (χ0) is 15.6. The molecule has 3 nitrogen and oxygen atoms in total. The fourth-order valence-electron chi connectivity index (χ4n) is 2.67. The zero-order valence-electron chi connectivity index (χ0n) is 13.4. The molecule has 2 aromatic heterocycles. The van der Waals surface area contributed by atoms with Gasteiger partial charge in [0.2, 0.25) is 0 Å². The first-order valence-electron chi connectivity index (χ1n) is 7.20. The second-order valence-corrected chi connectivity index (χ2v) is 6.36. The molecule has 0 fully saturated rings. The van der Waals surface area contributed by atoms with Gasteiger partial charge in [0.15, 0.2) is 5.78 Å². The van der Waals surface area contributed by atoms with Gasteiger partial charge in [0.25, 0.3) is 0 Å². The average Bonchev–Trinajstić information content (AvgIpc) is 2.70. The van der Waals surface area contributed by atoms with Crippen molar-refractivity contribution < 1.29 is 4.79 Å². The van der Waals surface area contributed by atoms with E-state index in [0.29, 0.717) is 5.75 Å². The molecule has 0 amide bonds. The molecular weight excluding hydrogens is 280 g/mol. The quantitative estimate of drug-likeness (QED) is 0.616. The molecular formula is C17H22N2OS. The van der Waals surface area contributed by atoms with Crippen molar-refractivity contribution >= 4 is 17.5 Å². The van der Waals surface area contributed by atoms with Gasteiger partial charge in [0.05, 0.1) is 10.8 Å². The molecule has 0 aliphatic carbocycles. The van der Waals surface area contributed by atoms with E-state index in [0.717, 1.165) is 34.2 Å². The van der Waals surface area contributed by atoms with Gasteiger partial charge in [-0.3, -0.25) is 4.79 Å². The van der Waals surface area contributed by atoms with Crippen LogP contribution in [-0.2, 0) is 6.54 Å². The molecule has 2 rings (SSSR count). The van der Waals surface area contributed by atoms with Crippen LogP contribution in [0.2, 0.25) is 0 Å². The molecule has 0 spiro atoms. The van der Waals surface area contributed by atoms with Crippen molar-refractivity contribution in [2.24, 2.45) is 0 Å². The zero-order valence-corrected chi connectivity index (χ0v) is 14.2. The topological polar surface area (TPSA) is 34.9 Å². The summed E-state index contributed by atoms with van der Waals surface area (Å²) in [7, 11) is 0. The number of carbonyl (C=O) groups is 1. The molecule has 0 saturated carbocycles. The van der Waals surface area contributed by atoms with Crippen LogP contribution in [0.3, 0.4) is 0 Å². The minimum atomic E-state index is 0.175. The number of carbonyl (C=O) groups excluding carboxylic acids is 1. The molecule has 0 bridgehead atoms. The Morgan fingerprint density at radius 3 is 2.48 bits per heavy atom. The van der Waals surface area contributed by atoms with E-state index >= 15 is 0 Å². The van der Waals surface area contributed by atoms with E-state index < -0.39 is 0 Å². The van der Waals surface area contributed by atoms with Crippen LogP contribution >= 0.6 is 11.8 Å². The molecule has 0 saturated heterocycles. The van der Waals surface area contributed by atoms with E-state index in [1.54, 1.807) is 0 Å². The largest absolute Gasteiger partial charge is 0.349 e. The van der Waals surface area contributed by atoms with Crippen molar-refractivity contribution in [2.75, 3.05) is 5.75 Å². The Balaban J connectivity index is 2.12. The molecule has 0 aliphatic heterocycles. The van der Waals surface area contributed by atoms with E-state index in [1.165, 1.54) is 17.3 Å². The number of ketones is 1. The summed E-state index contributed by atoms with van der Waals surface area (Å²) in [6.45, 7) is 11.1. The predicted octanol–water partition coefficient (Wildman–Crippen LogP) is 4.11. The van der Waals surface area contributed by atoms with E-state index in [4.69, 9.17) is 0 Å². The standard InChI is InChI=1S/C17H22N2OS/c1-6-19-13(4)9-15(14(19)5)16(20)10-21-17-8-11(2)7-12(3)18-17/h7-9H,6,10H2,1-5H3. The molecule has 4 heteroatoms. The summed E-state index contributed by atoms with van der Waals surface area (Å²) >= 11 is 1.51. The van der Waals surface area contributed by atoms with Crippen LogP contribution in [0.5, 0.6) is 0 Å². The minimum absolute atomic E-state index is 0.175. The summed E-state index contributed by atoms with van der Waals surface area (Å²) in [5, 5.41) is 0.921. The fourth-order valence-corrected chi connectivity index (χ4v) is 3.58. The van der Waals surface area contributed by atoms with Crippen molar-refractivity contribution in [1.29, 1.82) is 0 Å².